The molecule has 2 aromatic heterocycles. The van der Waals surface area contributed by atoms with Gasteiger partial charge in [0.1, 0.15) is 0 Å². The van der Waals surface area contributed by atoms with E-state index in [9.17, 15) is 9.59 Å². The molecule has 6 nitrogen and oxygen atoms in total. The molecule has 1 fully saturated rings. The lowest BCUT2D eigenvalue weighted by Gasteiger charge is -2.32. The molecule has 2 unspecified atom stereocenters. The van der Waals surface area contributed by atoms with Gasteiger partial charge in [-0.2, -0.15) is 0 Å². The summed E-state index contributed by atoms with van der Waals surface area (Å²) in [7, 11) is 1.81. The fraction of sp³-hybridized carbons (Fsp3) is 0.296. The normalized spacial score (nSPS) is 18.2. The quantitative estimate of drug-likeness (QED) is 0.379. The van der Waals surface area contributed by atoms with Gasteiger partial charge in [0.2, 0.25) is 0 Å². The Kier molecular flexibility index (Phi) is 6.24. The number of nitrogens with one attached hydrogen (secondary N) is 2. The highest BCUT2D eigenvalue weighted by molar-refractivity contribution is 6.37. The molecule has 1 aliphatic rings. The number of rotatable bonds is 5. The number of fused-ring (bicyclic) bond motifs is 3. The van der Waals surface area contributed by atoms with Gasteiger partial charge < -0.3 is 15.2 Å². The highest BCUT2D eigenvalue weighted by atomic mass is 35.5. The van der Waals surface area contributed by atoms with Gasteiger partial charge in [0, 0.05) is 36.8 Å². The molecule has 2 aromatic carbocycles. The molecule has 2 atom stereocenters. The second-order valence-electron chi connectivity index (χ2n) is 8.90. The molecule has 0 spiro atoms. The first-order valence-electron chi connectivity index (χ1n) is 11.7. The highest BCUT2D eigenvalue weighted by Gasteiger charge is 2.27. The van der Waals surface area contributed by atoms with Crippen LogP contribution < -0.4 is 16.2 Å². The van der Waals surface area contributed by atoms with Gasteiger partial charge in [0.05, 0.1) is 27.1 Å². The van der Waals surface area contributed by atoms with E-state index in [4.69, 9.17) is 11.6 Å². The zero-order valence-corrected chi connectivity index (χ0v) is 19.8. The van der Waals surface area contributed by atoms with E-state index >= 15 is 0 Å². The fourth-order valence-electron chi connectivity index (χ4n) is 5.23. The Balaban J connectivity index is 1.51. The fourth-order valence-corrected chi connectivity index (χ4v) is 5.49. The molecule has 5 rings (SSSR count). The Bertz CT molecular complexity index is 1420. The minimum Gasteiger partial charge on any atom is -0.387 e. The van der Waals surface area contributed by atoms with Crippen molar-refractivity contribution in [3.63, 3.8) is 0 Å². The maximum Gasteiger partial charge on any atom is 0.262 e. The predicted octanol–water partition coefficient (Wildman–Crippen LogP) is 5.41. The molecular formula is C27H27ClN4O2. The number of aromatic nitrogens is 2. The van der Waals surface area contributed by atoms with Crippen LogP contribution in [-0.2, 0) is 0 Å². The summed E-state index contributed by atoms with van der Waals surface area (Å²) in [6.07, 6.45) is 5.44. The first-order valence-corrected chi connectivity index (χ1v) is 12.1. The van der Waals surface area contributed by atoms with Crippen molar-refractivity contribution in [1.29, 1.82) is 0 Å². The summed E-state index contributed by atoms with van der Waals surface area (Å²) in [4.78, 5) is 30.9. The number of hydrogen-bond donors (Lipinski definition) is 2. The topological polar surface area (TPSA) is 76.0 Å². The molecule has 7 heteroatoms. The molecule has 2 N–H and O–H groups in total. The first-order chi connectivity index (χ1) is 16.6. The maximum atomic E-state index is 13.9. The molecule has 0 saturated heterocycles. The Morgan fingerprint density at radius 2 is 1.91 bits per heavy atom. The van der Waals surface area contributed by atoms with E-state index in [0.29, 0.717) is 34.0 Å². The van der Waals surface area contributed by atoms with E-state index in [-0.39, 0.29) is 17.5 Å². The van der Waals surface area contributed by atoms with Crippen LogP contribution >= 0.6 is 11.6 Å². The lowest BCUT2D eigenvalue weighted by atomic mass is 9.85. The second-order valence-corrected chi connectivity index (χ2v) is 9.31. The van der Waals surface area contributed by atoms with Crippen molar-refractivity contribution in [2.75, 3.05) is 18.9 Å². The van der Waals surface area contributed by atoms with Crippen molar-refractivity contribution in [2.45, 2.75) is 31.7 Å². The Morgan fingerprint density at radius 1 is 1.09 bits per heavy atom. The second kappa shape index (κ2) is 9.47. The van der Waals surface area contributed by atoms with E-state index in [2.05, 4.69) is 15.6 Å². The number of pyridine rings is 2. The van der Waals surface area contributed by atoms with Crippen LogP contribution in [0.2, 0.25) is 5.02 Å². The van der Waals surface area contributed by atoms with Gasteiger partial charge >= 0.3 is 0 Å². The Labute approximate surface area is 203 Å². The molecule has 0 aliphatic heterocycles. The molecule has 0 radical (unpaired) electrons. The summed E-state index contributed by atoms with van der Waals surface area (Å²) < 4.78 is 1.91. The Morgan fingerprint density at radius 3 is 2.71 bits per heavy atom. The summed E-state index contributed by atoms with van der Waals surface area (Å²) >= 11 is 6.64. The molecule has 2 heterocycles. The average molecular weight is 475 g/mol. The summed E-state index contributed by atoms with van der Waals surface area (Å²) in [6, 6.07) is 16.8. The molecule has 174 valence electrons. The number of amides is 1. The lowest BCUT2D eigenvalue weighted by Crippen LogP contribution is -2.35. The number of hydrogen-bond acceptors (Lipinski definition) is 4. The van der Waals surface area contributed by atoms with Gasteiger partial charge in [-0.05, 0) is 55.5 Å². The zero-order chi connectivity index (χ0) is 23.7. The van der Waals surface area contributed by atoms with E-state index in [1.807, 2.05) is 59.2 Å². The average Bonchev–Trinajstić information content (AvgIpc) is 2.87. The molecule has 1 amide bonds. The number of carbonyl (C=O) groups is 1. The lowest BCUT2D eigenvalue weighted by molar-refractivity contribution is 0.0940. The minimum atomic E-state index is -0.0624. The van der Waals surface area contributed by atoms with Crippen molar-refractivity contribution in [3.05, 3.63) is 81.7 Å². The van der Waals surface area contributed by atoms with Gasteiger partial charge in [0.25, 0.3) is 11.5 Å². The van der Waals surface area contributed by atoms with Crippen molar-refractivity contribution in [2.24, 2.45) is 5.92 Å². The smallest absolute Gasteiger partial charge is 0.262 e. The molecular weight excluding hydrogens is 448 g/mol. The highest BCUT2D eigenvalue weighted by Crippen LogP contribution is 2.37. The van der Waals surface area contributed by atoms with Crippen LogP contribution in [0.4, 0.5) is 5.69 Å². The third-order valence-electron chi connectivity index (χ3n) is 6.85. The number of anilines is 1. The molecule has 0 bridgehead atoms. The predicted molar refractivity (Wildman–Crippen MR) is 138 cm³/mol. The number of halogens is 1. The van der Waals surface area contributed by atoms with Crippen LogP contribution in [0.5, 0.6) is 0 Å². The van der Waals surface area contributed by atoms with Gasteiger partial charge in [-0.3, -0.25) is 14.6 Å². The van der Waals surface area contributed by atoms with Crippen LogP contribution in [0.25, 0.3) is 21.8 Å². The SMILES string of the molecule is CNc1ccnc2c1c(=O)n(C1CCCC(CNC(=O)c3ccccc3)C1)c1cccc(Cl)c21. The monoisotopic (exact) mass is 474 g/mol. The standard InChI is InChI=1S/C27H27ClN4O2/c1-29-21-13-14-30-25-23-20(28)11-6-12-22(23)32(27(34)24(21)25)19-10-5-7-17(15-19)16-31-26(33)18-8-3-2-4-9-18/h2-4,6,8-9,11-14,17,19H,5,7,10,15-16H2,1H3,(H,29,30)(H,31,33). The molecule has 1 saturated carbocycles. The van der Waals surface area contributed by atoms with Crippen LogP contribution in [0.1, 0.15) is 42.1 Å². The maximum absolute atomic E-state index is 13.9. The van der Waals surface area contributed by atoms with Crippen LogP contribution in [0.15, 0.2) is 65.6 Å². The van der Waals surface area contributed by atoms with Gasteiger partial charge in [-0.1, -0.05) is 42.3 Å². The minimum absolute atomic E-state index is 0.0233. The van der Waals surface area contributed by atoms with E-state index in [0.717, 1.165) is 42.3 Å². The molecule has 34 heavy (non-hydrogen) atoms. The molecule has 4 aromatic rings. The number of nitrogens with zero attached hydrogens (tertiary/aromatic N) is 2. The van der Waals surface area contributed by atoms with Crippen molar-refractivity contribution < 1.29 is 4.79 Å². The zero-order valence-electron chi connectivity index (χ0n) is 19.1. The van der Waals surface area contributed by atoms with Crippen molar-refractivity contribution in [1.82, 2.24) is 14.9 Å². The van der Waals surface area contributed by atoms with Crippen LogP contribution in [0.3, 0.4) is 0 Å². The van der Waals surface area contributed by atoms with Crippen LogP contribution in [0, 0.1) is 5.92 Å². The van der Waals surface area contributed by atoms with Crippen LogP contribution in [-0.4, -0.2) is 29.1 Å². The largest absolute Gasteiger partial charge is 0.387 e. The third kappa shape index (κ3) is 4.03. The van der Waals surface area contributed by atoms with Gasteiger partial charge in [-0.15, -0.1) is 0 Å². The summed E-state index contributed by atoms with van der Waals surface area (Å²) in [5.41, 5.74) is 2.78. The first kappa shape index (κ1) is 22.4. The van der Waals surface area contributed by atoms with Gasteiger partial charge in [-0.25, -0.2) is 0 Å². The third-order valence-corrected chi connectivity index (χ3v) is 7.16. The van der Waals surface area contributed by atoms with Crippen molar-refractivity contribution >= 4 is 45.0 Å². The number of benzene rings is 2. The van der Waals surface area contributed by atoms with E-state index < -0.39 is 0 Å². The summed E-state index contributed by atoms with van der Waals surface area (Å²) in [6.45, 7) is 0.592. The van der Waals surface area contributed by atoms with Gasteiger partial charge in [0.15, 0.2) is 0 Å². The summed E-state index contributed by atoms with van der Waals surface area (Å²) in [5, 5.41) is 8.16. The van der Waals surface area contributed by atoms with E-state index in [1.165, 1.54) is 0 Å². The summed E-state index contributed by atoms with van der Waals surface area (Å²) in [5.74, 6) is 0.230. The number of carbonyl (C=O) groups excluding carboxylic acids is 1. The molecule has 1 aliphatic carbocycles. The van der Waals surface area contributed by atoms with Crippen molar-refractivity contribution in [3.8, 4) is 0 Å². The Hall–Kier alpha value is -3.38. The van der Waals surface area contributed by atoms with E-state index in [1.54, 1.807) is 13.2 Å².